The maximum absolute atomic E-state index is 14.3. The van der Waals surface area contributed by atoms with E-state index in [0.29, 0.717) is 11.0 Å². The quantitative estimate of drug-likeness (QED) is 0.497. The minimum Gasteiger partial charge on any atom is -0.306 e. The zero-order valence-electron chi connectivity index (χ0n) is 11.0. The fraction of sp³-hybridized carbons (Fsp3) is 0.286. The average Bonchev–Trinajstić information content (AvgIpc) is 2.71. The Morgan fingerprint density at radius 3 is 2.24 bits per heavy atom. The molecule has 0 aliphatic heterocycles. The first kappa shape index (κ1) is 17.5. The van der Waals surface area contributed by atoms with Crippen LogP contribution in [0.1, 0.15) is 30.5 Å². The zero-order chi connectivity index (χ0) is 15.6. The van der Waals surface area contributed by atoms with Crippen molar-refractivity contribution in [2.24, 2.45) is 0 Å². The fourth-order valence-electron chi connectivity index (χ4n) is 2.04. The number of thiophene rings is 1. The van der Waals surface area contributed by atoms with E-state index < -0.39 is 17.7 Å². The number of halogens is 5. The van der Waals surface area contributed by atoms with Crippen molar-refractivity contribution >= 4 is 59.1 Å². The number of rotatable bonds is 5. The van der Waals surface area contributed by atoms with Gasteiger partial charge in [-0.05, 0) is 68.6 Å². The van der Waals surface area contributed by atoms with E-state index in [0.717, 1.165) is 19.6 Å². The van der Waals surface area contributed by atoms with Gasteiger partial charge in [0.05, 0.1) is 13.6 Å². The minimum atomic E-state index is -0.565. The van der Waals surface area contributed by atoms with Gasteiger partial charge in [-0.1, -0.05) is 22.9 Å². The summed E-state index contributed by atoms with van der Waals surface area (Å²) >= 11 is 11.5. The molecule has 1 N–H and O–H groups in total. The molecular weight excluding hydrogens is 492 g/mol. The van der Waals surface area contributed by atoms with E-state index in [1.165, 1.54) is 23.5 Å². The highest BCUT2D eigenvalue weighted by molar-refractivity contribution is 9.12. The second-order valence-corrected chi connectivity index (χ2v) is 9.11. The Balaban J connectivity index is 2.53. The summed E-state index contributed by atoms with van der Waals surface area (Å²) in [4.78, 5) is 0. The van der Waals surface area contributed by atoms with Crippen LogP contribution < -0.4 is 5.32 Å². The minimum absolute atomic E-state index is 0.0395. The molecule has 0 radical (unpaired) electrons. The van der Waals surface area contributed by atoms with Crippen LogP contribution in [0.15, 0.2) is 30.2 Å². The van der Waals surface area contributed by atoms with E-state index >= 15 is 0 Å². The van der Waals surface area contributed by atoms with Crippen molar-refractivity contribution < 1.29 is 8.78 Å². The first-order chi connectivity index (χ1) is 9.93. The van der Waals surface area contributed by atoms with Crippen LogP contribution in [-0.4, -0.2) is 6.54 Å². The molecule has 0 saturated carbocycles. The molecule has 0 saturated heterocycles. The molecule has 2 rings (SSSR count). The largest absolute Gasteiger partial charge is 0.306 e. The van der Waals surface area contributed by atoms with Crippen molar-refractivity contribution in [1.82, 2.24) is 5.32 Å². The molecule has 114 valence electrons. The van der Waals surface area contributed by atoms with Crippen molar-refractivity contribution in [3.63, 3.8) is 0 Å². The maximum Gasteiger partial charge on any atom is 0.132 e. The van der Waals surface area contributed by atoms with Crippen LogP contribution in [0, 0.1) is 11.6 Å². The van der Waals surface area contributed by atoms with Crippen molar-refractivity contribution in [2.75, 3.05) is 6.54 Å². The van der Waals surface area contributed by atoms with E-state index in [1.807, 2.05) is 13.0 Å². The third-order valence-electron chi connectivity index (χ3n) is 2.93. The van der Waals surface area contributed by atoms with Crippen molar-refractivity contribution in [3.05, 3.63) is 53.0 Å². The zero-order valence-corrected chi connectivity index (χ0v) is 16.6. The molecule has 0 fully saturated rings. The highest BCUT2D eigenvalue weighted by Crippen LogP contribution is 2.39. The Bertz CT molecular complexity index is 622. The van der Waals surface area contributed by atoms with E-state index in [4.69, 9.17) is 0 Å². The van der Waals surface area contributed by atoms with Gasteiger partial charge in [-0.3, -0.25) is 0 Å². The predicted molar refractivity (Wildman–Crippen MR) is 93.9 cm³/mol. The average molecular weight is 504 g/mol. The Morgan fingerprint density at radius 1 is 1.14 bits per heavy atom. The lowest BCUT2D eigenvalue weighted by atomic mass is 10.00. The summed E-state index contributed by atoms with van der Waals surface area (Å²) in [5.41, 5.74) is 0.859. The summed E-state index contributed by atoms with van der Waals surface area (Å²) in [5.74, 6) is -1.13. The van der Waals surface area contributed by atoms with Gasteiger partial charge in [0.25, 0.3) is 0 Å². The Morgan fingerprint density at radius 2 is 1.76 bits per heavy atom. The molecule has 1 heterocycles. The number of nitrogens with one attached hydrogen (secondary N) is 1. The van der Waals surface area contributed by atoms with Crippen LogP contribution in [0.25, 0.3) is 0 Å². The first-order valence-corrected chi connectivity index (χ1v) is 9.46. The van der Waals surface area contributed by atoms with Gasteiger partial charge >= 0.3 is 0 Å². The molecular formula is C14H12Br3F2NS. The lowest BCUT2D eigenvalue weighted by Gasteiger charge is -2.20. The van der Waals surface area contributed by atoms with Crippen LogP contribution >= 0.6 is 59.1 Å². The Kier molecular flexibility index (Phi) is 6.38. The summed E-state index contributed by atoms with van der Waals surface area (Å²) in [6, 6.07) is 3.92. The molecule has 0 amide bonds. The molecule has 1 aromatic heterocycles. The summed E-state index contributed by atoms with van der Waals surface area (Å²) in [6.07, 6.45) is 0.874. The van der Waals surface area contributed by atoms with Gasteiger partial charge in [0.15, 0.2) is 0 Å². The molecule has 0 aliphatic rings. The van der Waals surface area contributed by atoms with Crippen molar-refractivity contribution in [3.8, 4) is 0 Å². The molecule has 1 unspecified atom stereocenters. The normalized spacial score (nSPS) is 12.7. The van der Waals surface area contributed by atoms with Gasteiger partial charge in [0.2, 0.25) is 0 Å². The van der Waals surface area contributed by atoms with E-state index in [-0.39, 0.29) is 5.56 Å². The van der Waals surface area contributed by atoms with E-state index in [9.17, 15) is 8.78 Å². The number of benzene rings is 1. The second kappa shape index (κ2) is 7.64. The van der Waals surface area contributed by atoms with Crippen LogP contribution in [0.3, 0.4) is 0 Å². The van der Waals surface area contributed by atoms with E-state index in [1.54, 1.807) is 0 Å². The summed E-state index contributed by atoms with van der Waals surface area (Å²) in [6.45, 7) is 2.68. The third kappa shape index (κ3) is 4.13. The van der Waals surface area contributed by atoms with E-state index in [2.05, 4.69) is 53.1 Å². The van der Waals surface area contributed by atoms with Crippen LogP contribution in [-0.2, 0) is 0 Å². The van der Waals surface area contributed by atoms with Crippen molar-refractivity contribution in [1.29, 1.82) is 0 Å². The number of hydrogen-bond donors (Lipinski definition) is 1. The third-order valence-corrected chi connectivity index (χ3v) is 5.77. The number of hydrogen-bond acceptors (Lipinski definition) is 2. The van der Waals surface area contributed by atoms with Crippen LogP contribution in [0.5, 0.6) is 0 Å². The predicted octanol–water partition coefficient (Wildman–Crippen LogP) is 6.40. The summed E-state index contributed by atoms with van der Waals surface area (Å²) in [5, 5.41) is 3.22. The highest BCUT2D eigenvalue weighted by atomic mass is 79.9. The van der Waals surface area contributed by atoms with Crippen LogP contribution in [0.4, 0.5) is 8.78 Å². The van der Waals surface area contributed by atoms with Gasteiger partial charge in [-0.15, -0.1) is 11.3 Å². The molecule has 21 heavy (non-hydrogen) atoms. The lowest BCUT2D eigenvalue weighted by Crippen LogP contribution is -2.25. The smallest absolute Gasteiger partial charge is 0.132 e. The SMILES string of the molecule is CCCNC(c1cc(Br)sc1Br)c1c(F)cc(Br)cc1F. The molecule has 0 aliphatic carbocycles. The second-order valence-electron chi connectivity index (χ2n) is 4.45. The van der Waals surface area contributed by atoms with Crippen LogP contribution in [0.2, 0.25) is 0 Å². The van der Waals surface area contributed by atoms with Gasteiger partial charge in [-0.2, -0.15) is 0 Å². The summed E-state index contributed by atoms with van der Waals surface area (Å²) < 4.78 is 30.7. The monoisotopic (exact) mass is 501 g/mol. The Hall–Kier alpha value is 0.180. The van der Waals surface area contributed by atoms with Gasteiger partial charge < -0.3 is 5.32 Å². The van der Waals surface area contributed by atoms with Gasteiger partial charge in [0.1, 0.15) is 11.6 Å². The lowest BCUT2D eigenvalue weighted by molar-refractivity contribution is 0.502. The summed E-state index contributed by atoms with van der Waals surface area (Å²) in [7, 11) is 0. The molecule has 1 nitrogen and oxygen atoms in total. The molecule has 7 heteroatoms. The maximum atomic E-state index is 14.3. The molecule has 0 spiro atoms. The molecule has 2 aromatic rings. The van der Waals surface area contributed by atoms with Gasteiger partial charge in [0, 0.05) is 10.0 Å². The first-order valence-electron chi connectivity index (χ1n) is 6.26. The molecule has 0 bridgehead atoms. The topological polar surface area (TPSA) is 12.0 Å². The molecule has 1 aromatic carbocycles. The molecule has 1 atom stereocenters. The standard InChI is InChI=1S/C14H12Br3F2NS/c1-2-3-20-13(8-6-11(16)21-14(8)17)12-9(18)4-7(15)5-10(12)19/h4-6,13,20H,2-3H2,1H3. The van der Waals surface area contributed by atoms with Crippen molar-refractivity contribution in [2.45, 2.75) is 19.4 Å². The Labute approximate surface area is 151 Å². The fourth-order valence-corrected chi connectivity index (χ4v) is 5.34. The van der Waals surface area contributed by atoms with Gasteiger partial charge in [-0.25, -0.2) is 8.78 Å². The highest BCUT2D eigenvalue weighted by Gasteiger charge is 2.25.